The molecule has 3 rings (SSSR count). The maximum absolute atomic E-state index is 12.2. The second-order valence-electron chi connectivity index (χ2n) is 6.00. The third-order valence-corrected chi connectivity index (χ3v) is 5.73. The predicted molar refractivity (Wildman–Crippen MR) is 100 cm³/mol. The van der Waals surface area contributed by atoms with Crippen LogP contribution < -0.4 is 10.6 Å². The molecule has 1 heterocycles. The van der Waals surface area contributed by atoms with Crippen LogP contribution in [-0.2, 0) is 16.0 Å². The van der Waals surface area contributed by atoms with Gasteiger partial charge in [-0.3, -0.25) is 9.59 Å². The summed E-state index contributed by atoms with van der Waals surface area (Å²) in [5.41, 5.74) is 1.02. The third-order valence-electron chi connectivity index (χ3n) is 3.75. The number of nitrogens with one attached hydrogen (secondary N) is 2. The van der Waals surface area contributed by atoms with Gasteiger partial charge in [-0.2, -0.15) is 0 Å². The number of rotatable bonds is 9. The second kappa shape index (κ2) is 8.44. The Morgan fingerprint density at radius 3 is 2.72 bits per heavy atom. The highest BCUT2D eigenvalue weighted by atomic mass is 32.2. The Hall–Kier alpha value is -1.93. The zero-order valence-corrected chi connectivity index (χ0v) is 15.5. The lowest BCUT2D eigenvalue weighted by atomic mass is 10.0. The molecule has 25 heavy (non-hydrogen) atoms. The van der Waals surface area contributed by atoms with Crippen molar-refractivity contribution in [2.75, 3.05) is 11.1 Å². The maximum atomic E-state index is 12.2. The van der Waals surface area contributed by atoms with Gasteiger partial charge in [0.25, 0.3) is 0 Å². The van der Waals surface area contributed by atoms with Crippen molar-refractivity contribution in [2.24, 2.45) is 0 Å². The van der Waals surface area contributed by atoms with Gasteiger partial charge in [-0.1, -0.05) is 53.4 Å². The number of carbonyl (C=O) groups excluding carboxylic acids is 2. The van der Waals surface area contributed by atoms with E-state index in [1.165, 1.54) is 42.9 Å². The summed E-state index contributed by atoms with van der Waals surface area (Å²) in [7, 11) is 0. The van der Waals surface area contributed by atoms with Crippen molar-refractivity contribution in [1.82, 2.24) is 15.5 Å². The Kier molecular flexibility index (Phi) is 6.04. The summed E-state index contributed by atoms with van der Waals surface area (Å²) in [6.45, 7) is 1.50. The van der Waals surface area contributed by atoms with E-state index in [1.807, 2.05) is 30.3 Å². The van der Waals surface area contributed by atoms with Gasteiger partial charge >= 0.3 is 0 Å². The Labute approximate surface area is 154 Å². The highest BCUT2D eigenvalue weighted by Crippen LogP contribution is 2.30. The monoisotopic (exact) mass is 376 g/mol. The third kappa shape index (κ3) is 5.82. The minimum Gasteiger partial charge on any atom is -0.357 e. The Morgan fingerprint density at radius 2 is 2.04 bits per heavy atom. The fourth-order valence-electron chi connectivity index (χ4n) is 2.24. The Morgan fingerprint density at radius 1 is 1.28 bits per heavy atom. The standard InChI is InChI=1S/C17H20N4O2S2/c1-11(22)14(9-12-5-3-2-4-6-12)19-15(23)10-24-17-21-20-16(25-17)18-13-7-8-13/h2-6,13-14H,7-10H2,1H3,(H,18,20)(H,19,23). The summed E-state index contributed by atoms with van der Waals surface area (Å²) < 4.78 is 0.751. The second-order valence-corrected chi connectivity index (χ2v) is 8.20. The zero-order valence-electron chi connectivity index (χ0n) is 13.9. The average Bonchev–Trinajstić information content (AvgIpc) is 3.29. The summed E-state index contributed by atoms with van der Waals surface area (Å²) in [6.07, 6.45) is 2.86. The highest BCUT2D eigenvalue weighted by molar-refractivity contribution is 8.01. The van der Waals surface area contributed by atoms with E-state index < -0.39 is 6.04 Å². The van der Waals surface area contributed by atoms with Crippen LogP contribution >= 0.6 is 23.1 Å². The summed E-state index contributed by atoms with van der Waals surface area (Å²) in [5, 5.41) is 15.0. The van der Waals surface area contributed by atoms with E-state index in [-0.39, 0.29) is 17.4 Å². The van der Waals surface area contributed by atoms with E-state index in [0.29, 0.717) is 12.5 Å². The van der Waals surface area contributed by atoms with Gasteiger partial charge in [0.1, 0.15) is 0 Å². The van der Waals surface area contributed by atoms with Crippen LogP contribution in [0.15, 0.2) is 34.7 Å². The molecule has 8 heteroatoms. The zero-order chi connectivity index (χ0) is 17.6. The molecule has 1 aromatic heterocycles. The lowest BCUT2D eigenvalue weighted by Crippen LogP contribution is -2.42. The van der Waals surface area contributed by atoms with E-state index >= 15 is 0 Å². The topological polar surface area (TPSA) is 84.0 Å². The molecular formula is C17H20N4O2S2. The molecule has 1 unspecified atom stereocenters. The molecule has 132 valence electrons. The Bertz CT molecular complexity index is 731. The fraction of sp³-hybridized carbons (Fsp3) is 0.412. The molecule has 2 aromatic rings. The summed E-state index contributed by atoms with van der Waals surface area (Å²) in [4.78, 5) is 24.0. The van der Waals surface area contributed by atoms with E-state index in [0.717, 1.165) is 15.0 Å². The van der Waals surface area contributed by atoms with Crippen molar-refractivity contribution in [3.05, 3.63) is 35.9 Å². The van der Waals surface area contributed by atoms with Crippen molar-refractivity contribution in [3.8, 4) is 0 Å². The minimum atomic E-state index is -0.503. The number of carbonyl (C=O) groups is 2. The molecule has 0 aliphatic heterocycles. The van der Waals surface area contributed by atoms with Gasteiger partial charge in [-0.15, -0.1) is 10.2 Å². The van der Waals surface area contributed by atoms with Crippen LogP contribution in [0.4, 0.5) is 5.13 Å². The first kappa shape index (κ1) is 17.9. The lowest BCUT2D eigenvalue weighted by Gasteiger charge is -2.15. The van der Waals surface area contributed by atoms with Gasteiger partial charge in [-0.25, -0.2) is 0 Å². The number of amides is 1. The van der Waals surface area contributed by atoms with Crippen LogP contribution in [0.1, 0.15) is 25.3 Å². The molecule has 1 aliphatic carbocycles. The predicted octanol–water partition coefficient (Wildman–Crippen LogP) is 2.52. The summed E-state index contributed by atoms with van der Waals surface area (Å²) in [6, 6.07) is 9.70. The molecular weight excluding hydrogens is 356 g/mol. The number of benzene rings is 1. The van der Waals surface area contributed by atoms with Crippen molar-refractivity contribution in [1.29, 1.82) is 0 Å². The molecule has 1 fully saturated rings. The molecule has 1 atom stereocenters. The smallest absolute Gasteiger partial charge is 0.231 e. The number of thioether (sulfide) groups is 1. The van der Waals surface area contributed by atoms with Crippen LogP contribution in [0.25, 0.3) is 0 Å². The number of Topliss-reactive ketones (excluding diaryl/α,β-unsaturated/α-hetero) is 1. The first-order valence-electron chi connectivity index (χ1n) is 8.17. The minimum absolute atomic E-state index is 0.0472. The maximum Gasteiger partial charge on any atom is 0.231 e. The van der Waals surface area contributed by atoms with Crippen molar-refractivity contribution in [3.63, 3.8) is 0 Å². The summed E-state index contributed by atoms with van der Waals surface area (Å²) >= 11 is 2.79. The first-order chi connectivity index (χ1) is 12.1. The van der Waals surface area contributed by atoms with Crippen LogP contribution in [0.3, 0.4) is 0 Å². The molecule has 1 aromatic carbocycles. The lowest BCUT2D eigenvalue weighted by molar-refractivity contribution is -0.125. The fourth-order valence-corrected chi connectivity index (χ4v) is 3.88. The quantitative estimate of drug-likeness (QED) is 0.654. The number of hydrogen-bond acceptors (Lipinski definition) is 7. The Balaban J connectivity index is 1.47. The largest absolute Gasteiger partial charge is 0.357 e. The molecule has 0 spiro atoms. The van der Waals surface area contributed by atoms with Gasteiger partial charge in [0.15, 0.2) is 10.1 Å². The van der Waals surface area contributed by atoms with Crippen LogP contribution in [0.5, 0.6) is 0 Å². The van der Waals surface area contributed by atoms with Gasteiger partial charge in [0, 0.05) is 6.04 Å². The molecule has 2 N–H and O–H groups in total. The molecule has 1 aliphatic rings. The number of anilines is 1. The van der Waals surface area contributed by atoms with Crippen molar-refractivity contribution >= 4 is 39.9 Å². The van der Waals surface area contributed by atoms with E-state index in [9.17, 15) is 9.59 Å². The SMILES string of the molecule is CC(=O)C(Cc1ccccc1)NC(=O)CSc1nnc(NC2CC2)s1. The van der Waals surface area contributed by atoms with Gasteiger partial charge in [0.2, 0.25) is 11.0 Å². The van der Waals surface area contributed by atoms with Crippen LogP contribution in [0, 0.1) is 0 Å². The number of hydrogen-bond donors (Lipinski definition) is 2. The molecule has 1 amide bonds. The normalized spacial score (nSPS) is 14.8. The number of aromatic nitrogens is 2. The average molecular weight is 377 g/mol. The molecule has 6 nitrogen and oxygen atoms in total. The van der Waals surface area contributed by atoms with E-state index in [4.69, 9.17) is 0 Å². The number of ketones is 1. The molecule has 0 bridgehead atoms. The number of nitrogens with zero attached hydrogens (tertiary/aromatic N) is 2. The molecule has 0 radical (unpaired) electrons. The molecule has 0 saturated heterocycles. The van der Waals surface area contributed by atoms with Crippen molar-refractivity contribution in [2.45, 2.75) is 42.6 Å². The van der Waals surface area contributed by atoms with Crippen LogP contribution in [-0.4, -0.2) is 39.7 Å². The highest BCUT2D eigenvalue weighted by Gasteiger charge is 2.23. The van der Waals surface area contributed by atoms with Gasteiger partial charge in [0.05, 0.1) is 11.8 Å². The van der Waals surface area contributed by atoms with E-state index in [1.54, 1.807) is 0 Å². The van der Waals surface area contributed by atoms with Gasteiger partial charge < -0.3 is 10.6 Å². The van der Waals surface area contributed by atoms with Gasteiger partial charge in [-0.05, 0) is 31.7 Å². The molecule has 1 saturated carbocycles. The van der Waals surface area contributed by atoms with Crippen LogP contribution in [0.2, 0.25) is 0 Å². The van der Waals surface area contributed by atoms with E-state index in [2.05, 4.69) is 20.8 Å². The van der Waals surface area contributed by atoms with Crippen molar-refractivity contribution < 1.29 is 9.59 Å². The first-order valence-corrected chi connectivity index (χ1v) is 9.97. The summed E-state index contributed by atoms with van der Waals surface area (Å²) in [5.74, 6) is -0.00142.